The fourth-order valence-electron chi connectivity index (χ4n) is 2.44. The molecule has 0 aliphatic rings. The minimum Gasteiger partial charge on any atom is -0.466 e. The molecule has 0 aliphatic heterocycles. The van der Waals surface area contributed by atoms with E-state index in [4.69, 9.17) is 37.9 Å². The van der Waals surface area contributed by atoms with E-state index in [1.54, 1.807) is 0 Å². The number of aliphatic hydroxyl groups excluding tert-OH is 1. The smallest absolute Gasteiger partial charge is 0.335 e. The Kier molecular flexibility index (Phi) is 13.9. The third-order valence-electron chi connectivity index (χ3n) is 4.26. The van der Waals surface area contributed by atoms with E-state index in [-0.39, 0.29) is 13.2 Å². The molecular weight excluding hydrogens is 392 g/mol. The molecule has 0 saturated heterocycles. The van der Waals surface area contributed by atoms with Gasteiger partial charge in [-0.25, -0.2) is 4.79 Å². The summed E-state index contributed by atoms with van der Waals surface area (Å²) in [5.74, 6) is -4.08. The van der Waals surface area contributed by atoms with Gasteiger partial charge < -0.3 is 43.0 Å². The molecule has 0 aromatic carbocycles. The normalized spacial score (nSPS) is 13.2. The van der Waals surface area contributed by atoms with Gasteiger partial charge in [0.2, 0.25) is 0 Å². The van der Waals surface area contributed by atoms with Gasteiger partial charge in [0.1, 0.15) is 0 Å². The van der Waals surface area contributed by atoms with E-state index in [0.29, 0.717) is 25.7 Å². The first-order valence-electron chi connectivity index (χ1n) is 9.08. The van der Waals surface area contributed by atoms with Crippen LogP contribution in [0.15, 0.2) is 0 Å². The van der Waals surface area contributed by atoms with E-state index < -0.39 is 36.4 Å². The molecule has 0 fully saturated rings. The second-order valence-electron chi connectivity index (χ2n) is 5.91. The minimum absolute atomic E-state index is 0.00406. The van der Waals surface area contributed by atoms with Gasteiger partial charge in [0.05, 0.1) is 19.6 Å². The Morgan fingerprint density at radius 1 is 0.724 bits per heavy atom. The lowest BCUT2D eigenvalue weighted by atomic mass is 10.2. The van der Waals surface area contributed by atoms with Crippen molar-refractivity contribution in [2.75, 3.05) is 55.9 Å². The number of methoxy groups -OCH3 is 6. The average Bonchev–Trinajstić information content (AvgIpc) is 2.74. The van der Waals surface area contributed by atoms with E-state index in [9.17, 15) is 14.7 Å². The van der Waals surface area contributed by atoms with E-state index in [1.165, 1.54) is 42.7 Å². The van der Waals surface area contributed by atoms with Gasteiger partial charge in [0, 0.05) is 55.5 Å². The number of carbonyl (C=O) groups is 2. The van der Waals surface area contributed by atoms with Gasteiger partial charge in [-0.3, -0.25) is 4.79 Å². The Morgan fingerprint density at radius 3 is 1.48 bits per heavy atom. The SMILES string of the molecule is COC(CCCOC(=O)CC(O)C(=O)OCCCC(OC)(OC)OC)(OC)OC. The number of carbonyl (C=O) groups excluding carboxylic acids is 2. The molecule has 0 rings (SSSR count). The molecule has 0 heterocycles. The Hall–Kier alpha value is -1.34. The number of hydrogen-bond donors (Lipinski definition) is 1. The maximum Gasteiger partial charge on any atom is 0.335 e. The molecule has 1 N–H and O–H groups in total. The van der Waals surface area contributed by atoms with E-state index in [1.807, 2.05) is 0 Å². The summed E-state index contributed by atoms with van der Waals surface area (Å²) in [7, 11) is 8.57. The summed E-state index contributed by atoms with van der Waals surface area (Å²) in [6, 6.07) is 0. The predicted molar refractivity (Wildman–Crippen MR) is 98.5 cm³/mol. The van der Waals surface area contributed by atoms with Crippen LogP contribution in [0.1, 0.15) is 32.1 Å². The summed E-state index contributed by atoms with van der Waals surface area (Å²) in [6.45, 7) is 0.0431. The highest BCUT2D eigenvalue weighted by atomic mass is 16.9. The van der Waals surface area contributed by atoms with E-state index >= 15 is 0 Å². The molecule has 0 amide bonds. The van der Waals surface area contributed by atoms with Crippen molar-refractivity contribution in [1.82, 2.24) is 0 Å². The molecule has 0 spiro atoms. The summed E-state index contributed by atoms with van der Waals surface area (Å²) in [6.07, 6.45) is -0.758. The standard InChI is InChI=1S/C18H34O11/c1-22-17(23-2,24-3)9-7-11-28-15(20)13-14(19)16(21)29-12-8-10-18(25-4,26-5)27-6/h14,19H,7-13H2,1-6H3. The van der Waals surface area contributed by atoms with Crippen molar-refractivity contribution in [1.29, 1.82) is 0 Å². The van der Waals surface area contributed by atoms with Crippen LogP contribution in [-0.4, -0.2) is 91.0 Å². The maximum absolute atomic E-state index is 11.8. The topological polar surface area (TPSA) is 128 Å². The predicted octanol–water partition coefficient (Wildman–Crippen LogP) is 0.570. The Labute approximate surface area is 171 Å². The highest BCUT2D eigenvalue weighted by molar-refractivity contribution is 5.81. The molecule has 0 bridgehead atoms. The van der Waals surface area contributed by atoms with Gasteiger partial charge in [0.25, 0.3) is 11.9 Å². The zero-order valence-electron chi connectivity index (χ0n) is 18.1. The van der Waals surface area contributed by atoms with Crippen LogP contribution >= 0.6 is 0 Å². The fraction of sp³-hybridized carbons (Fsp3) is 0.889. The van der Waals surface area contributed by atoms with Crippen LogP contribution in [0.4, 0.5) is 0 Å². The lowest BCUT2D eigenvalue weighted by Crippen LogP contribution is -2.36. The molecule has 0 aromatic heterocycles. The maximum atomic E-state index is 11.8. The lowest BCUT2D eigenvalue weighted by molar-refractivity contribution is -0.356. The molecule has 0 aliphatic carbocycles. The molecule has 0 aromatic rings. The van der Waals surface area contributed by atoms with Crippen molar-refractivity contribution in [3.63, 3.8) is 0 Å². The first-order valence-corrected chi connectivity index (χ1v) is 9.08. The van der Waals surface area contributed by atoms with Crippen molar-refractivity contribution in [2.24, 2.45) is 0 Å². The fourth-order valence-corrected chi connectivity index (χ4v) is 2.44. The van der Waals surface area contributed by atoms with Gasteiger partial charge in [-0.05, 0) is 12.8 Å². The molecule has 1 atom stereocenters. The third kappa shape index (κ3) is 9.81. The van der Waals surface area contributed by atoms with Gasteiger partial charge >= 0.3 is 11.9 Å². The number of rotatable bonds is 17. The van der Waals surface area contributed by atoms with Gasteiger partial charge in [0.15, 0.2) is 6.10 Å². The van der Waals surface area contributed by atoms with Gasteiger partial charge in [-0.1, -0.05) is 0 Å². The van der Waals surface area contributed by atoms with Crippen LogP contribution in [0.3, 0.4) is 0 Å². The van der Waals surface area contributed by atoms with Crippen LogP contribution in [0.25, 0.3) is 0 Å². The first kappa shape index (κ1) is 27.7. The molecule has 1 unspecified atom stereocenters. The third-order valence-corrected chi connectivity index (χ3v) is 4.26. The van der Waals surface area contributed by atoms with Crippen LogP contribution in [0, 0.1) is 0 Å². The number of aliphatic hydroxyl groups is 1. The quantitative estimate of drug-likeness (QED) is 0.199. The largest absolute Gasteiger partial charge is 0.466 e. The Morgan fingerprint density at radius 2 is 1.10 bits per heavy atom. The molecular formula is C18H34O11. The van der Waals surface area contributed by atoms with Crippen molar-refractivity contribution in [3.05, 3.63) is 0 Å². The zero-order valence-corrected chi connectivity index (χ0v) is 18.1. The molecule has 11 heteroatoms. The number of hydrogen-bond acceptors (Lipinski definition) is 11. The highest BCUT2D eigenvalue weighted by Gasteiger charge is 2.30. The number of esters is 2. The minimum atomic E-state index is -1.62. The summed E-state index contributed by atoms with van der Waals surface area (Å²) in [4.78, 5) is 23.5. The average molecular weight is 426 g/mol. The Bertz CT molecular complexity index is 444. The van der Waals surface area contributed by atoms with E-state index in [0.717, 1.165) is 0 Å². The van der Waals surface area contributed by atoms with Crippen LogP contribution in [0.5, 0.6) is 0 Å². The van der Waals surface area contributed by atoms with Gasteiger partial charge in [-0.2, -0.15) is 0 Å². The summed E-state index contributed by atoms with van der Waals surface area (Å²) in [5.41, 5.74) is 0. The summed E-state index contributed by atoms with van der Waals surface area (Å²) < 4.78 is 40.6. The second kappa shape index (κ2) is 14.6. The second-order valence-corrected chi connectivity index (χ2v) is 5.91. The highest BCUT2D eigenvalue weighted by Crippen LogP contribution is 2.20. The van der Waals surface area contributed by atoms with Crippen molar-refractivity contribution in [3.8, 4) is 0 Å². The Balaban J connectivity index is 4.11. The van der Waals surface area contributed by atoms with Crippen molar-refractivity contribution >= 4 is 11.9 Å². The summed E-state index contributed by atoms with van der Waals surface area (Å²) >= 11 is 0. The zero-order chi connectivity index (χ0) is 22.3. The first-order chi connectivity index (χ1) is 13.8. The molecule has 0 saturated carbocycles. The van der Waals surface area contributed by atoms with Crippen LogP contribution < -0.4 is 0 Å². The molecule has 11 nitrogen and oxygen atoms in total. The van der Waals surface area contributed by atoms with Crippen LogP contribution in [-0.2, 0) is 47.5 Å². The van der Waals surface area contributed by atoms with E-state index in [2.05, 4.69) is 0 Å². The molecule has 29 heavy (non-hydrogen) atoms. The number of ether oxygens (including phenoxy) is 8. The van der Waals surface area contributed by atoms with Crippen molar-refractivity contribution in [2.45, 2.75) is 50.2 Å². The van der Waals surface area contributed by atoms with Gasteiger partial charge in [-0.15, -0.1) is 0 Å². The monoisotopic (exact) mass is 426 g/mol. The molecule has 172 valence electrons. The molecule has 0 radical (unpaired) electrons. The van der Waals surface area contributed by atoms with Crippen LogP contribution in [0.2, 0.25) is 0 Å². The lowest BCUT2D eigenvalue weighted by Gasteiger charge is -2.28. The van der Waals surface area contributed by atoms with Crippen molar-refractivity contribution < 1.29 is 52.6 Å². The summed E-state index contributed by atoms with van der Waals surface area (Å²) in [5, 5.41) is 9.78.